The van der Waals surface area contributed by atoms with Crippen LogP contribution in [0.2, 0.25) is 0 Å². The molecule has 0 atom stereocenters. The number of carboxylic acids is 1. The molecule has 1 aromatic heterocycles. The maximum Gasteiger partial charge on any atom is 0.357 e. The molecule has 0 fully saturated rings. The normalized spacial score (nSPS) is 11.3. The number of aliphatic carboxylic acids is 1. The van der Waals surface area contributed by atoms with E-state index in [0.29, 0.717) is 11.3 Å². The summed E-state index contributed by atoms with van der Waals surface area (Å²) in [4.78, 5) is 10.9. The molecule has 0 bridgehead atoms. The first-order valence-electron chi connectivity index (χ1n) is 7.50. The van der Waals surface area contributed by atoms with E-state index < -0.39 is 11.7 Å². The Morgan fingerprint density at radius 2 is 2.04 bits per heavy atom. The topological polar surface area (TPSA) is 139 Å². The van der Waals surface area contributed by atoms with Gasteiger partial charge < -0.3 is 15.6 Å². The Morgan fingerprint density at radius 1 is 1.23 bits per heavy atom. The highest BCUT2D eigenvalue weighted by Gasteiger charge is 2.12. The van der Waals surface area contributed by atoms with Crippen LogP contribution in [0.1, 0.15) is 11.1 Å². The van der Waals surface area contributed by atoms with E-state index in [9.17, 15) is 4.79 Å². The lowest BCUT2D eigenvalue weighted by atomic mass is 10.1. The molecule has 3 rings (SSSR count). The van der Waals surface area contributed by atoms with E-state index in [1.165, 1.54) is 0 Å². The molecule has 8 nitrogen and oxygen atoms in total. The Kier molecular flexibility index (Phi) is 4.74. The van der Waals surface area contributed by atoms with Gasteiger partial charge in [-0.1, -0.05) is 24.0 Å². The van der Waals surface area contributed by atoms with Crippen molar-refractivity contribution in [2.75, 3.05) is 0 Å². The Balaban J connectivity index is 1.88. The van der Waals surface area contributed by atoms with Crippen molar-refractivity contribution in [3.05, 3.63) is 71.4 Å². The molecule has 0 aliphatic heterocycles. The Bertz CT molecular complexity index is 1060. The van der Waals surface area contributed by atoms with Gasteiger partial charge in [0.05, 0.1) is 11.7 Å². The summed E-state index contributed by atoms with van der Waals surface area (Å²) < 4.78 is 5.39. The molecule has 26 heavy (non-hydrogen) atoms. The fourth-order valence-electron chi connectivity index (χ4n) is 2.23. The van der Waals surface area contributed by atoms with Crippen molar-refractivity contribution < 1.29 is 14.6 Å². The van der Waals surface area contributed by atoms with Gasteiger partial charge in [-0.15, -0.1) is 0 Å². The monoisotopic (exact) mass is 349 g/mol. The maximum absolute atomic E-state index is 10.9. The van der Waals surface area contributed by atoms with Gasteiger partial charge >= 0.3 is 5.97 Å². The highest BCUT2D eigenvalue weighted by molar-refractivity contribution is 5.86. The maximum atomic E-state index is 10.9. The van der Waals surface area contributed by atoms with Crippen molar-refractivity contribution in [1.82, 2.24) is 15.6 Å². The number of ether oxygens (including phenoxy) is 1. The quantitative estimate of drug-likeness (QED) is 0.156. The van der Waals surface area contributed by atoms with Gasteiger partial charge in [-0.2, -0.15) is 5.10 Å². The number of carboxylic acid groups (broad SMARTS) is 1. The molecular weight excluding hydrogens is 334 g/mol. The first kappa shape index (κ1) is 16.9. The average Bonchev–Trinajstić information content (AvgIpc) is 3.13. The van der Waals surface area contributed by atoms with E-state index in [1.807, 2.05) is 18.2 Å². The lowest BCUT2D eigenvalue weighted by molar-refractivity contribution is -0.132. The molecule has 0 saturated carbocycles. The largest absolute Gasteiger partial charge is 0.476 e. The van der Waals surface area contributed by atoms with Crippen LogP contribution in [0.5, 0.6) is 5.75 Å². The molecule has 0 spiro atoms. The van der Waals surface area contributed by atoms with Crippen molar-refractivity contribution in [1.29, 1.82) is 0 Å². The van der Waals surface area contributed by atoms with E-state index in [-0.39, 0.29) is 5.88 Å². The van der Waals surface area contributed by atoms with Crippen LogP contribution in [0.4, 0.5) is 0 Å². The van der Waals surface area contributed by atoms with E-state index >= 15 is 0 Å². The number of hydrogen-bond acceptors (Lipinski definition) is 6. The summed E-state index contributed by atoms with van der Waals surface area (Å²) in [7, 11) is 0. The van der Waals surface area contributed by atoms with E-state index in [0.717, 1.165) is 16.5 Å². The summed E-state index contributed by atoms with van der Waals surface area (Å²) >= 11 is 0. The van der Waals surface area contributed by atoms with Crippen molar-refractivity contribution in [2.45, 2.75) is 0 Å². The smallest absolute Gasteiger partial charge is 0.357 e. The number of nitrogens with one attached hydrogen (secondary N) is 2. The number of rotatable bonds is 4. The first-order chi connectivity index (χ1) is 12.6. The molecule has 0 radical (unpaired) electrons. The molecule has 3 aromatic rings. The fraction of sp³-hybridized carbons (Fsp3) is 0. The average molecular weight is 349 g/mol. The van der Waals surface area contributed by atoms with Crippen LogP contribution in [0.25, 0.3) is 10.9 Å². The third-order valence-corrected chi connectivity index (χ3v) is 3.49. The van der Waals surface area contributed by atoms with Crippen LogP contribution in [0.15, 0.2) is 60.2 Å². The van der Waals surface area contributed by atoms with Crippen molar-refractivity contribution in [3.63, 3.8) is 0 Å². The summed E-state index contributed by atoms with van der Waals surface area (Å²) in [5, 5.41) is 16.7. The lowest BCUT2D eigenvalue weighted by Gasteiger charge is -2.10. The molecule has 7 N–H and O–H groups in total. The highest BCUT2D eigenvalue weighted by Crippen LogP contribution is 2.17. The standard InChI is InChI=1S/C18H15N5O3/c19-16(18(24)25)17(22-20)26-13-5-1-3-11(9-13)7-8-12-4-2-6-15-14(12)10-21-23-15/h1-6,9-10,22H,19-20H2,(H,21,23)(H,24,25)/b17-16+. The third kappa shape index (κ3) is 3.58. The van der Waals surface area contributed by atoms with E-state index in [1.54, 1.807) is 30.5 Å². The number of aromatic nitrogens is 2. The summed E-state index contributed by atoms with van der Waals surface area (Å²) in [5.41, 5.74) is 9.42. The van der Waals surface area contributed by atoms with Gasteiger partial charge in [0, 0.05) is 16.5 Å². The number of aromatic amines is 1. The van der Waals surface area contributed by atoms with Crippen LogP contribution >= 0.6 is 0 Å². The summed E-state index contributed by atoms with van der Waals surface area (Å²) in [6.45, 7) is 0. The number of hydrazine groups is 1. The predicted octanol–water partition coefficient (Wildman–Crippen LogP) is 1.02. The summed E-state index contributed by atoms with van der Waals surface area (Å²) in [5.74, 6) is 10.1. The minimum Gasteiger partial charge on any atom is -0.476 e. The van der Waals surface area contributed by atoms with Gasteiger partial charge in [0.15, 0.2) is 5.70 Å². The molecule has 130 valence electrons. The van der Waals surface area contributed by atoms with E-state index in [4.69, 9.17) is 21.4 Å². The number of nitrogens with zero attached hydrogens (tertiary/aromatic N) is 1. The summed E-state index contributed by atoms with van der Waals surface area (Å²) in [6.07, 6.45) is 1.72. The molecule has 8 heteroatoms. The predicted molar refractivity (Wildman–Crippen MR) is 95.3 cm³/mol. The minimum atomic E-state index is -1.35. The Hall–Kier alpha value is -3.96. The zero-order valence-corrected chi connectivity index (χ0v) is 13.5. The molecular formula is C18H15N5O3. The lowest BCUT2D eigenvalue weighted by Crippen LogP contribution is -2.31. The number of carbonyl (C=O) groups is 1. The fourth-order valence-corrected chi connectivity index (χ4v) is 2.23. The number of H-pyrrole nitrogens is 1. The molecule has 2 aromatic carbocycles. The summed E-state index contributed by atoms with van der Waals surface area (Å²) in [6, 6.07) is 12.5. The SMILES string of the molecule is NN/C(Oc1cccc(C#Cc2cccc3[nH]ncc23)c1)=C(\N)C(=O)O. The van der Waals surface area contributed by atoms with Gasteiger partial charge in [-0.05, 0) is 30.3 Å². The van der Waals surface area contributed by atoms with Crippen LogP contribution in [-0.2, 0) is 4.79 Å². The zero-order chi connectivity index (χ0) is 18.5. The van der Waals surface area contributed by atoms with Gasteiger partial charge in [0.25, 0.3) is 0 Å². The van der Waals surface area contributed by atoms with Crippen molar-refractivity contribution in [3.8, 4) is 17.6 Å². The van der Waals surface area contributed by atoms with Gasteiger partial charge in [-0.25, -0.2) is 10.6 Å². The number of hydrogen-bond donors (Lipinski definition) is 5. The number of benzene rings is 2. The minimum absolute atomic E-state index is 0.259. The second-order valence-corrected chi connectivity index (χ2v) is 5.21. The number of nitrogens with two attached hydrogens (primary N) is 2. The third-order valence-electron chi connectivity index (χ3n) is 3.49. The molecule has 0 aliphatic carbocycles. The number of fused-ring (bicyclic) bond motifs is 1. The molecule has 0 saturated heterocycles. The van der Waals surface area contributed by atoms with Gasteiger partial charge in [0.2, 0.25) is 5.88 Å². The second-order valence-electron chi connectivity index (χ2n) is 5.21. The first-order valence-corrected chi connectivity index (χ1v) is 7.50. The van der Waals surface area contributed by atoms with Crippen LogP contribution < -0.4 is 21.7 Å². The molecule has 0 unspecified atom stereocenters. The Morgan fingerprint density at radius 3 is 2.81 bits per heavy atom. The van der Waals surface area contributed by atoms with E-state index in [2.05, 4.69) is 27.5 Å². The Labute approximate surface area is 148 Å². The zero-order valence-electron chi connectivity index (χ0n) is 13.5. The van der Waals surface area contributed by atoms with Crippen LogP contribution in [-0.4, -0.2) is 21.3 Å². The second kappa shape index (κ2) is 7.29. The van der Waals surface area contributed by atoms with Crippen molar-refractivity contribution in [2.24, 2.45) is 11.6 Å². The molecule has 0 amide bonds. The van der Waals surface area contributed by atoms with Crippen molar-refractivity contribution >= 4 is 16.9 Å². The van der Waals surface area contributed by atoms with Crippen LogP contribution in [0, 0.1) is 11.8 Å². The highest BCUT2D eigenvalue weighted by atomic mass is 16.5. The molecule has 0 aliphatic rings. The van der Waals surface area contributed by atoms with Crippen LogP contribution in [0.3, 0.4) is 0 Å². The molecule has 1 heterocycles. The van der Waals surface area contributed by atoms with Gasteiger partial charge in [0.1, 0.15) is 5.75 Å². The van der Waals surface area contributed by atoms with Gasteiger partial charge in [-0.3, -0.25) is 10.5 Å².